The Kier molecular flexibility index (Phi) is 2.18. The number of allylic oxidation sites excluding steroid dienone is 2. The standard InChI is InChI=1S/C10H6BrF3/c11-7-2-3-8-6(5-7)1-4-9(8)10(12,13)14/h2-5H,1H2. The Balaban J connectivity index is 2.48. The predicted molar refractivity (Wildman–Crippen MR) is 51.9 cm³/mol. The molecule has 0 amide bonds. The topological polar surface area (TPSA) is 0 Å². The maximum Gasteiger partial charge on any atom is 0.416 e. The summed E-state index contributed by atoms with van der Waals surface area (Å²) in [7, 11) is 0. The smallest absolute Gasteiger partial charge is 0.166 e. The summed E-state index contributed by atoms with van der Waals surface area (Å²) in [6, 6.07) is 4.86. The van der Waals surface area contributed by atoms with E-state index in [1.807, 2.05) is 0 Å². The molecule has 0 atom stereocenters. The third-order valence-electron chi connectivity index (χ3n) is 2.19. The Labute approximate surface area is 87.6 Å². The number of halogens is 4. The van der Waals surface area contributed by atoms with Gasteiger partial charge in [-0.3, -0.25) is 0 Å². The van der Waals surface area contributed by atoms with Gasteiger partial charge in [-0.05, 0) is 29.7 Å². The first-order valence-corrected chi connectivity index (χ1v) is 4.84. The van der Waals surface area contributed by atoms with Gasteiger partial charge in [0.15, 0.2) is 0 Å². The molecule has 0 saturated carbocycles. The van der Waals surface area contributed by atoms with Gasteiger partial charge in [0.05, 0.1) is 5.57 Å². The number of alkyl halides is 3. The minimum absolute atomic E-state index is 0.306. The molecule has 1 aromatic carbocycles. The molecule has 0 spiro atoms. The molecular formula is C10H6BrF3. The number of hydrogen-bond acceptors (Lipinski definition) is 0. The molecule has 0 aliphatic heterocycles. The van der Waals surface area contributed by atoms with Crippen LogP contribution < -0.4 is 0 Å². The van der Waals surface area contributed by atoms with Gasteiger partial charge < -0.3 is 0 Å². The summed E-state index contributed by atoms with van der Waals surface area (Å²) in [5, 5.41) is 0. The van der Waals surface area contributed by atoms with Crippen LogP contribution in [0.4, 0.5) is 13.2 Å². The highest BCUT2D eigenvalue weighted by atomic mass is 79.9. The highest BCUT2D eigenvalue weighted by Crippen LogP contribution is 2.40. The highest BCUT2D eigenvalue weighted by Gasteiger charge is 2.37. The lowest BCUT2D eigenvalue weighted by atomic mass is 10.1. The average Bonchev–Trinajstić information content (AvgIpc) is 2.45. The van der Waals surface area contributed by atoms with E-state index in [1.165, 1.54) is 12.1 Å². The molecule has 4 heteroatoms. The molecule has 0 radical (unpaired) electrons. The van der Waals surface area contributed by atoms with Crippen LogP contribution in [-0.4, -0.2) is 6.18 Å². The van der Waals surface area contributed by atoms with Crippen molar-refractivity contribution in [2.75, 3.05) is 0 Å². The van der Waals surface area contributed by atoms with Gasteiger partial charge in [0.1, 0.15) is 0 Å². The average molecular weight is 263 g/mol. The first-order valence-electron chi connectivity index (χ1n) is 4.04. The van der Waals surface area contributed by atoms with E-state index in [1.54, 1.807) is 12.1 Å². The summed E-state index contributed by atoms with van der Waals surface area (Å²) >= 11 is 3.23. The molecule has 74 valence electrons. The maximum atomic E-state index is 12.5. The number of hydrogen-bond donors (Lipinski definition) is 0. The van der Waals surface area contributed by atoms with Crippen LogP contribution >= 0.6 is 15.9 Å². The fourth-order valence-corrected chi connectivity index (χ4v) is 1.99. The second kappa shape index (κ2) is 3.12. The van der Waals surface area contributed by atoms with Crippen LogP contribution in [0.2, 0.25) is 0 Å². The minimum atomic E-state index is -4.24. The normalized spacial score (nSPS) is 15.3. The van der Waals surface area contributed by atoms with E-state index < -0.39 is 11.7 Å². The minimum Gasteiger partial charge on any atom is -0.166 e. The quantitative estimate of drug-likeness (QED) is 0.664. The van der Waals surface area contributed by atoms with E-state index in [9.17, 15) is 13.2 Å². The van der Waals surface area contributed by atoms with Crippen LogP contribution in [0.5, 0.6) is 0 Å². The zero-order valence-electron chi connectivity index (χ0n) is 7.03. The molecule has 0 aromatic heterocycles. The summed E-state index contributed by atoms with van der Waals surface area (Å²) in [4.78, 5) is 0. The van der Waals surface area contributed by atoms with Crippen LogP contribution in [0.1, 0.15) is 11.1 Å². The predicted octanol–water partition coefficient (Wildman–Crippen LogP) is 3.95. The van der Waals surface area contributed by atoms with Gasteiger partial charge in [0.25, 0.3) is 0 Å². The molecule has 14 heavy (non-hydrogen) atoms. The molecule has 1 aliphatic carbocycles. The van der Waals surface area contributed by atoms with Crippen LogP contribution in [0.15, 0.2) is 28.7 Å². The van der Waals surface area contributed by atoms with E-state index in [0.717, 1.165) is 10.0 Å². The van der Waals surface area contributed by atoms with Gasteiger partial charge in [-0.25, -0.2) is 0 Å². The molecule has 0 saturated heterocycles. The molecule has 0 N–H and O–H groups in total. The van der Waals surface area contributed by atoms with Crippen LogP contribution in [0.25, 0.3) is 5.57 Å². The molecule has 0 heterocycles. The van der Waals surface area contributed by atoms with Crippen molar-refractivity contribution >= 4 is 21.5 Å². The monoisotopic (exact) mass is 262 g/mol. The number of benzene rings is 1. The fourth-order valence-electron chi connectivity index (χ4n) is 1.58. The van der Waals surface area contributed by atoms with Crippen molar-refractivity contribution in [3.63, 3.8) is 0 Å². The third-order valence-corrected chi connectivity index (χ3v) is 2.68. The van der Waals surface area contributed by atoms with E-state index >= 15 is 0 Å². The SMILES string of the molecule is FC(F)(F)C1=CCc2cc(Br)ccc21. The summed E-state index contributed by atoms with van der Waals surface area (Å²) < 4.78 is 38.2. The van der Waals surface area contributed by atoms with Crippen molar-refractivity contribution in [1.29, 1.82) is 0 Å². The summed E-state index contributed by atoms with van der Waals surface area (Å²) in [5.74, 6) is 0. The van der Waals surface area contributed by atoms with Crippen molar-refractivity contribution < 1.29 is 13.2 Å². The van der Waals surface area contributed by atoms with Crippen molar-refractivity contribution in [2.24, 2.45) is 0 Å². The highest BCUT2D eigenvalue weighted by molar-refractivity contribution is 9.10. The maximum absolute atomic E-state index is 12.5. The largest absolute Gasteiger partial charge is 0.416 e. The van der Waals surface area contributed by atoms with Crippen LogP contribution in [-0.2, 0) is 6.42 Å². The van der Waals surface area contributed by atoms with Crippen molar-refractivity contribution in [3.05, 3.63) is 39.9 Å². The molecule has 0 nitrogen and oxygen atoms in total. The zero-order chi connectivity index (χ0) is 10.3. The van der Waals surface area contributed by atoms with Crippen molar-refractivity contribution in [3.8, 4) is 0 Å². The molecule has 0 unspecified atom stereocenters. The zero-order valence-corrected chi connectivity index (χ0v) is 8.61. The fraction of sp³-hybridized carbons (Fsp3) is 0.200. The molecule has 1 aliphatic rings. The second-order valence-corrected chi connectivity index (χ2v) is 4.04. The lowest BCUT2D eigenvalue weighted by Gasteiger charge is -2.09. The molecule has 0 bridgehead atoms. The first kappa shape index (κ1) is 9.77. The summed E-state index contributed by atoms with van der Waals surface area (Å²) in [6.07, 6.45) is -2.64. The molecule has 1 aromatic rings. The first-order chi connectivity index (χ1) is 6.48. The molecular weight excluding hydrogens is 257 g/mol. The van der Waals surface area contributed by atoms with Gasteiger partial charge >= 0.3 is 6.18 Å². The van der Waals surface area contributed by atoms with Gasteiger partial charge in [-0.1, -0.05) is 28.1 Å². The summed E-state index contributed by atoms with van der Waals surface area (Å²) in [6.45, 7) is 0. The third kappa shape index (κ3) is 1.59. The van der Waals surface area contributed by atoms with Crippen LogP contribution in [0, 0.1) is 0 Å². The van der Waals surface area contributed by atoms with Gasteiger partial charge in [0, 0.05) is 4.47 Å². The second-order valence-electron chi connectivity index (χ2n) is 3.12. The van der Waals surface area contributed by atoms with Crippen LogP contribution in [0.3, 0.4) is 0 Å². The Bertz CT molecular complexity index is 404. The van der Waals surface area contributed by atoms with Crippen molar-refractivity contribution in [1.82, 2.24) is 0 Å². The number of rotatable bonds is 0. The van der Waals surface area contributed by atoms with E-state index in [0.29, 0.717) is 12.0 Å². The van der Waals surface area contributed by atoms with Crippen molar-refractivity contribution in [2.45, 2.75) is 12.6 Å². The molecule has 0 fully saturated rings. The van der Waals surface area contributed by atoms with E-state index in [-0.39, 0.29) is 0 Å². The van der Waals surface area contributed by atoms with Gasteiger partial charge in [-0.2, -0.15) is 13.2 Å². The Morgan fingerprint density at radius 1 is 1.21 bits per heavy atom. The Hall–Kier alpha value is -0.770. The Morgan fingerprint density at radius 3 is 2.57 bits per heavy atom. The van der Waals surface area contributed by atoms with E-state index in [4.69, 9.17) is 0 Å². The van der Waals surface area contributed by atoms with Gasteiger partial charge in [-0.15, -0.1) is 0 Å². The summed E-state index contributed by atoms with van der Waals surface area (Å²) in [5.41, 5.74) is 0.521. The lowest BCUT2D eigenvalue weighted by molar-refractivity contribution is -0.0687. The van der Waals surface area contributed by atoms with E-state index in [2.05, 4.69) is 15.9 Å². The lowest BCUT2D eigenvalue weighted by Crippen LogP contribution is -2.09. The van der Waals surface area contributed by atoms with Gasteiger partial charge in [0.2, 0.25) is 0 Å². The molecule has 2 rings (SSSR count). The number of fused-ring (bicyclic) bond motifs is 1. The Morgan fingerprint density at radius 2 is 1.93 bits per heavy atom.